The lowest BCUT2D eigenvalue weighted by atomic mass is 10.00. The summed E-state index contributed by atoms with van der Waals surface area (Å²) in [6.45, 7) is 2.08. The van der Waals surface area contributed by atoms with Crippen LogP contribution in [-0.2, 0) is 6.54 Å². The zero-order valence-corrected chi connectivity index (χ0v) is 12.9. The van der Waals surface area contributed by atoms with Gasteiger partial charge in [-0.25, -0.2) is 8.78 Å². The number of aliphatic hydroxyl groups excluding tert-OH is 1. The fourth-order valence-electron chi connectivity index (χ4n) is 3.18. The molecule has 1 aromatic carbocycles. The van der Waals surface area contributed by atoms with Crippen LogP contribution in [-0.4, -0.2) is 38.9 Å². The van der Waals surface area contributed by atoms with Crippen molar-refractivity contribution in [2.75, 3.05) is 13.1 Å². The molecule has 6 heteroatoms. The SMILES string of the molecule is O[C@H](CN1CCCC[C@@H]1Cn1cccn1)c1ccc(F)c(F)c1. The molecule has 1 aliphatic rings. The van der Waals surface area contributed by atoms with Gasteiger partial charge in [0, 0.05) is 25.0 Å². The summed E-state index contributed by atoms with van der Waals surface area (Å²) in [5.74, 6) is -1.82. The van der Waals surface area contributed by atoms with E-state index in [1.54, 1.807) is 6.20 Å². The van der Waals surface area contributed by atoms with Crippen LogP contribution in [0.1, 0.15) is 30.9 Å². The largest absolute Gasteiger partial charge is 0.387 e. The summed E-state index contributed by atoms with van der Waals surface area (Å²) >= 11 is 0. The number of likely N-dealkylation sites (tertiary alicyclic amines) is 1. The monoisotopic (exact) mass is 321 g/mol. The Labute approximate surface area is 134 Å². The minimum atomic E-state index is -0.923. The number of benzene rings is 1. The molecule has 0 aliphatic carbocycles. The molecule has 0 radical (unpaired) electrons. The molecule has 0 saturated carbocycles. The second-order valence-electron chi connectivity index (χ2n) is 6.06. The number of aliphatic hydroxyl groups is 1. The Morgan fingerprint density at radius 3 is 2.87 bits per heavy atom. The molecule has 4 nitrogen and oxygen atoms in total. The Kier molecular flexibility index (Phi) is 5.03. The van der Waals surface area contributed by atoms with Gasteiger partial charge in [-0.05, 0) is 43.1 Å². The normalized spacial score (nSPS) is 20.6. The van der Waals surface area contributed by atoms with Gasteiger partial charge in [-0.2, -0.15) is 5.10 Å². The van der Waals surface area contributed by atoms with Gasteiger partial charge in [0.15, 0.2) is 11.6 Å². The lowest BCUT2D eigenvalue weighted by Crippen LogP contribution is -2.44. The molecule has 2 aromatic rings. The highest BCUT2D eigenvalue weighted by Crippen LogP contribution is 2.23. The van der Waals surface area contributed by atoms with Crippen molar-refractivity contribution in [2.24, 2.45) is 0 Å². The summed E-state index contributed by atoms with van der Waals surface area (Å²) in [7, 11) is 0. The minimum absolute atomic E-state index is 0.295. The Hall–Kier alpha value is -1.79. The van der Waals surface area contributed by atoms with E-state index in [1.165, 1.54) is 6.07 Å². The van der Waals surface area contributed by atoms with Crippen LogP contribution < -0.4 is 0 Å². The van der Waals surface area contributed by atoms with Gasteiger partial charge in [0.05, 0.1) is 12.6 Å². The zero-order valence-electron chi connectivity index (χ0n) is 12.9. The van der Waals surface area contributed by atoms with Gasteiger partial charge in [-0.1, -0.05) is 12.5 Å². The van der Waals surface area contributed by atoms with E-state index < -0.39 is 17.7 Å². The van der Waals surface area contributed by atoms with Gasteiger partial charge in [0.2, 0.25) is 0 Å². The van der Waals surface area contributed by atoms with E-state index in [4.69, 9.17) is 0 Å². The third kappa shape index (κ3) is 3.95. The van der Waals surface area contributed by atoms with Gasteiger partial charge in [-0.15, -0.1) is 0 Å². The standard InChI is InChI=1S/C17H21F2N3O/c18-15-6-5-13(10-16(15)19)17(23)12-21-8-2-1-4-14(21)11-22-9-3-7-20-22/h3,5-7,9-10,14,17,23H,1-2,4,8,11-12H2/t14-,17-/m1/s1. The topological polar surface area (TPSA) is 41.3 Å². The van der Waals surface area contributed by atoms with Crippen molar-refractivity contribution in [1.82, 2.24) is 14.7 Å². The number of hydrogen-bond donors (Lipinski definition) is 1. The summed E-state index contributed by atoms with van der Waals surface area (Å²) in [5.41, 5.74) is 0.410. The molecule has 1 saturated heterocycles. The first-order valence-electron chi connectivity index (χ1n) is 7.98. The summed E-state index contributed by atoms with van der Waals surface area (Å²) in [4.78, 5) is 2.22. The van der Waals surface area contributed by atoms with Crippen LogP contribution in [0.5, 0.6) is 0 Å². The first-order valence-corrected chi connectivity index (χ1v) is 7.98. The van der Waals surface area contributed by atoms with Crippen molar-refractivity contribution in [1.29, 1.82) is 0 Å². The second kappa shape index (κ2) is 7.19. The van der Waals surface area contributed by atoms with Crippen molar-refractivity contribution >= 4 is 0 Å². The molecule has 23 heavy (non-hydrogen) atoms. The van der Waals surface area contributed by atoms with Crippen LogP contribution in [0, 0.1) is 11.6 Å². The van der Waals surface area contributed by atoms with Gasteiger partial charge in [0.25, 0.3) is 0 Å². The van der Waals surface area contributed by atoms with Crippen LogP contribution >= 0.6 is 0 Å². The molecule has 1 aliphatic heterocycles. The molecule has 1 aromatic heterocycles. The minimum Gasteiger partial charge on any atom is -0.387 e. The number of β-amino-alcohol motifs (C(OH)–C–C–N with tert-alkyl or cyclic N) is 1. The van der Waals surface area contributed by atoms with E-state index in [-0.39, 0.29) is 0 Å². The van der Waals surface area contributed by atoms with Crippen LogP contribution in [0.15, 0.2) is 36.7 Å². The maximum Gasteiger partial charge on any atom is 0.159 e. The van der Waals surface area contributed by atoms with Gasteiger partial charge in [0.1, 0.15) is 0 Å². The van der Waals surface area contributed by atoms with Crippen molar-refractivity contribution in [3.63, 3.8) is 0 Å². The molecule has 2 atom stereocenters. The summed E-state index contributed by atoms with van der Waals surface area (Å²) in [5, 5.41) is 14.6. The molecule has 0 bridgehead atoms. The van der Waals surface area contributed by atoms with Gasteiger partial charge < -0.3 is 5.11 Å². The Balaban J connectivity index is 1.67. The molecule has 0 unspecified atom stereocenters. The first-order chi connectivity index (χ1) is 11.1. The highest BCUT2D eigenvalue weighted by Gasteiger charge is 2.25. The highest BCUT2D eigenvalue weighted by molar-refractivity contribution is 5.20. The summed E-state index contributed by atoms with van der Waals surface area (Å²) in [6, 6.07) is 5.76. The van der Waals surface area contributed by atoms with Crippen molar-refractivity contribution in [2.45, 2.75) is 38.0 Å². The number of aromatic nitrogens is 2. The van der Waals surface area contributed by atoms with E-state index in [1.807, 2.05) is 16.9 Å². The molecule has 0 amide bonds. The maximum atomic E-state index is 13.3. The molecule has 1 N–H and O–H groups in total. The van der Waals surface area contributed by atoms with Gasteiger partial charge >= 0.3 is 0 Å². The van der Waals surface area contributed by atoms with Crippen LogP contribution in [0.25, 0.3) is 0 Å². The summed E-state index contributed by atoms with van der Waals surface area (Å²) < 4.78 is 28.2. The Morgan fingerprint density at radius 1 is 1.26 bits per heavy atom. The Morgan fingerprint density at radius 2 is 2.13 bits per heavy atom. The van der Waals surface area contributed by atoms with Crippen molar-refractivity contribution in [3.05, 3.63) is 53.9 Å². The molecule has 1 fully saturated rings. The van der Waals surface area contributed by atoms with E-state index >= 15 is 0 Å². The van der Waals surface area contributed by atoms with Gasteiger partial charge in [-0.3, -0.25) is 9.58 Å². The predicted octanol–water partition coefficient (Wildman–Crippen LogP) is 2.75. The molecular formula is C17H21F2N3O. The maximum absolute atomic E-state index is 13.3. The number of rotatable bonds is 5. The molecule has 124 valence electrons. The fraction of sp³-hybridized carbons (Fsp3) is 0.471. The lowest BCUT2D eigenvalue weighted by molar-refractivity contribution is 0.0589. The molecule has 2 heterocycles. The number of halogens is 2. The van der Waals surface area contributed by atoms with E-state index in [9.17, 15) is 13.9 Å². The quantitative estimate of drug-likeness (QED) is 0.921. The number of piperidine rings is 1. The van der Waals surface area contributed by atoms with Crippen LogP contribution in [0.2, 0.25) is 0 Å². The third-order valence-corrected chi connectivity index (χ3v) is 4.44. The van der Waals surface area contributed by atoms with Crippen molar-refractivity contribution in [3.8, 4) is 0 Å². The molecule has 3 rings (SSSR count). The lowest BCUT2D eigenvalue weighted by Gasteiger charge is -2.37. The fourth-order valence-corrected chi connectivity index (χ4v) is 3.18. The Bertz CT molecular complexity index is 633. The second-order valence-corrected chi connectivity index (χ2v) is 6.06. The highest BCUT2D eigenvalue weighted by atomic mass is 19.2. The average Bonchev–Trinajstić information content (AvgIpc) is 3.05. The third-order valence-electron chi connectivity index (χ3n) is 4.44. The van der Waals surface area contributed by atoms with Crippen molar-refractivity contribution < 1.29 is 13.9 Å². The van der Waals surface area contributed by atoms with E-state index in [0.717, 1.165) is 44.5 Å². The molecular weight excluding hydrogens is 300 g/mol. The van der Waals surface area contributed by atoms with Crippen LogP contribution in [0.4, 0.5) is 8.78 Å². The predicted molar refractivity (Wildman–Crippen MR) is 82.8 cm³/mol. The smallest absolute Gasteiger partial charge is 0.159 e. The first kappa shape index (κ1) is 16.1. The summed E-state index contributed by atoms with van der Waals surface area (Å²) in [6.07, 6.45) is 6.14. The average molecular weight is 321 g/mol. The number of nitrogens with zero attached hydrogens (tertiary/aromatic N) is 3. The van der Waals surface area contributed by atoms with E-state index in [0.29, 0.717) is 18.2 Å². The molecule has 0 spiro atoms. The zero-order chi connectivity index (χ0) is 16.2. The van der Waals surface area contributed by atoms with Crippen LogP contribution in [0.3, 0.4) is 0 Å². The van der Waals surface area contributed by atoms with E-state index in [2.05, 4.69) is 10.00 Å². The number of hydrogen-bond acceptors (Lipinski definition) is 3.